The van der Waals surface area contributed by atoms with Gasteiger partial charge in [-0.25, -0.2) is 4.98 Å². The van der Waals surface area contributed by atoms with Gasteiger partial charge in [-0.15, -0.1) is 34.9 Å². The predicted octanol–water partition coefficient (Wildman–Crippen LogP) is 12.8. The molecule has 2 aromatic heterocycles. The summed E-state index contributed by atoms with van der Waals surface area (Å²) in [5, 5.41) is 11.7. The molecule has 0 saturated heterocycles. The van der Waals surface area contributed by atoms with Gasteiger partial charge in [0.2, 0.25) is 0 Å². The van der Waals surface area contributed by atoms with Crippen LogP contribution < -0.4 is 0 Å². The third kappa shape index (κ3) is 7.08. The first-order valence-corrected chi connectivity index (χ1v) is 18.5. The number of alkyl halides is 2. The zero-order valence-electron chi connectivity index (χ0n) is 32.1. The van der Waals surface area contributed by atoms with Gasteiger partial charge in [0.1, 0.15) is 11.6 Å². The van der Waals surface area contributed by atoms with Crippen molar-refractivity contribution in [1.82, 2.24) is 14.5 Å². The van der Waals surface area contributed by atoms with Crippen molar-refractivity contribution in [2.45, 2.75) is 58.3 Å². The Labute approximate surface area is 341 Å². The molecule has 0 atom stereocenters. The van der Waals surface area contributed by atoms with Gasteiger partial charge in [0, 0.05) is 49.6 Å². The Balaban J connectivity index is 0.00000480. The first kappa shape index (κ1) is 38.8. The van der Waals surface area contributed by atoms with Crippen LogP contribution in [0.3, 0.4) is 0 Å². The molecule has 0 aliphatic carbocycles. The van der Waals surface area contributed by atoms with E-state index in [4.69, 9.17) is 9.97 Å². The number of aromatic nitrogens is 3. The molecule has 0 amide bonds. The van der Waals surface area contributed by atoms with E-state index < -0.39 is 5.92 Å². The maximum absolute atomic E-state index is 16.3. The number of hydrogen-bond acceptors (Lipinski definition) is 3. The molecule has 0 aliphatic rings. The largest absolute Gasteiger partial charge is 0.507 e. The summed E-state index contributed by atoms with van der Waals surface area (Å²) >= 11 is 0. The zero-order chi connectivity index (χ0) is 38.7. The minimum Gasteiger partial charge on any atom is -0.507 e. The molecule has 6 aromatic carbocycles. The van der Waals surface area contributed by atoms with Crippen molar-refractivity contribution in [3.05, 3.63) is 168 Å². The Kier molecular flexibility index (Phi) is 10.1. The Hall–Kier alpha value is -5.45. The molecule has 0 unspecified atom stereocenters. The van der Waals surface area contributed by atoms with Crippen molar-refractivity contribution in [3.63, 3.8) is 0 Å². The molecular weight excluding hydrogens is 880 g/mol. The van der Waals surface area contributed by atoms with Crippen LogP contribution in [0.1, 0.15) is 63.8 Å². The summed E-state index contributed by atoms with van der Waals surface area (Å²) in [6.07, 6.45) is 1.69. The molecule has 8 aromatic rings. The number of nitrogens with zero attached hydrogens (tertiary/aromatic N) is 3. The Bertz CT molecular complexity index is 2710. The molecule has 284 valence electrons. The summed E-state index contributed by atoms with van der Waals surface area (Å²) in [6, 6.07) is 44.2. The van der Waals surface area contributed by atoms with Gasteiger partial charge in [-0.2, -0.15) is 8.78 Å². The van der Waals surface area contributed by atoms with Crippen LogP contribution in [-0.2, 0) is 37.8 Å². The van der Waals surface area contributed by atoms with E-state index in [1.807, 2.05) is 42.5 Å². The number of halogens is 2. The Morgan fingerprint density at radius 3 is 1.89 bits per heavy atom. The first-order chi connectivity index (χ1) is 26.2. The number of hydrogen-bond donors (Lipinski definition) is 1. The monoisotopic (exact) mass is 921 g/mol. The fourth-order valence-electron chi connectivity index (χ4n) is 7.22. The fourth-order valence-corrected chi connectivity index (χ4v) is 7.22. The van der Waals surface area contributed by atoms with Crippen LogP contribution in [0.2, 0.25) is 0 Å². The maximum Gasteiger partial charge on any atom is 0.297 e. The third-order valence-corrected chi connectivity index (χ3v) is 10.3. The number of phenols is 1. The fraction of sp³-hybridized carbons (Fsp3) is 0.184. The second kappa shape index (κ2) is 14.6. The molecule has 0 aliphatic heterocycles. The minimum atomic E-state index is -3.24. The molecule has 0 spiro atoms. The van der Waals surface area contributed by atoms with Gasteiger partial charge >= 0.3 is 0 Å². The van der Waals surface area contributed by atoms with Crippen LogP contribution in [0, 0.1) is 6.07 Å². The molecule has 56 heavy (non-hydrogen) atoms. The average Bonchev–Trinajstić information content (AvgIpc) is 3.57. The normalized spacial score (nSPS) is 12.2. The maximum atomic E-state index is 16.3. The van der Waals surface area contributed by atoms with Crippen molar-refractivity contribution in [3.8, 4) is 45.1 Å². The topological polar surface area (TPSA) is 50.9 Å². The Morgan fingerprint density at radius 1 is 0.571 bits per heavy atom. The average molecular weight is 922 g/mol. The van der Waals surface area contributed by atoms with Crippen LogP contribution in [0.4, 0.5) is 8.78 Å². The van der Waals surface area contributed by atoms with E-state index in [0.717, 1.165) is 33.4 Å². The number of fused-ring (bicyclic) bond motifs is 2. The van der Waals surface area contributed by atoms with Gasteiger partial charge in [-0.05, 0) is 64.2 Å². The van der Waals surface area contributed by atoms with Gasteiger partial charge in [0.05, 0.1) is 16.6 Å². The van der Waals surface area contributed by atoms with Crippen LogP contribution >= 0.6 is 0 Å². The van der Waals surface area contributed by atoms with E-state index in [0.29, 0.717) is 33.4 Å². The van der Waals surface area contributed by atoms with E-state index in [1.54, 1.807) is 48.7 Å². The van der Waals surface area contributed by atoms with E-state index >= 15 is 8.78 Å². The second-order valence-corrected chi connectivity index (χ2v) is 16.2. The molecule has 7 heteroatoms. The number of aromatic hydroxyl groups is 1. The number of pyridine rings is 1. The molecule has 1 N–H and O–H groups in total. The summed E-state index contributed by atoms with van der Waals surface area (Å²) in [6.45, 7) is 13.0. The van der Waals surface area contributed by atoms with Crippen molar-refractivity contribution in [2.75, 3.05) is 0 Å². The zero-order valence-corrected chi connectivity index (χ0v) is 34.4. The van der Waals surface area contributed by atoms with Crippen molar-refractivity contribution in [1.29, 1.82) is 0 Å². The molecule has 8 rings (SSSR count). The van der Waals surface area contributed by atoms with Gasteiger partial charge in [0.25, 0.3) is 5.92 Å². The van der Waals surface area contributed by atoms with Crippen molar-refractivity contribution >= 4 is 21.9 Å². The van der Waals surface area contributed by atoms with Gasteiger partial charge in [0.15, 0.2) is 0 Å². The van der Waals surface area contributed by atoms with E-state index in [2.05, 4.69) is 82.5 Å². The molecular formula is C49H42F2N3OPt-. The third-order valence-electron chi connectivity index (χ3n) is 10.3. The summed E-state index contributed by atoms with van der Waals surface area (Å²) in [5.41, 5.74) is 8.25. The smallest absolute Gasteiger partial charge is 0.297 e. The molecule has 0 bridgehead atoms. The molecule has 4 nitrogen and oxygen atoms in total. The standard InChI is InChI=1S/C49H42F2N3O.Pt/c1-47(2,3)34-21-23-38(24-22-34)54-42-19-12-18-39(45(42)53-46(54)40-17-10-11-20-43(40)55)32-26-33(29-36(28-32)48(4,5)6)41-30-37(27-31-14-13-25-52-44(31)41)49(50,51)35-15-8-7-9-16-35;/h7-25,27-30,55H,1-6H3;/q-1;. The SMILES string of the molecule is CC(C)(C)c1ccc(-n2c(-c3ccccc3O)nc3c(-c4[c-]c(-c5cc(C(F)(F)c6ccccc6)cc6cccnc56)cc(C(C)(C)C)c4)cccc32)cc1.[Pt]. The van der Waals surface area contributed by atoms with E-state index in [-0.39, 0.29) is 48.8 Å². The predicted molar refractivity (Wildman–Crippen MR) is 220 cm³/mol. The van der Waals surface area contributed by atoms with Crippen LogP contribution in [0.5, 0.6) is 5.75 Å². The summed E-state index contributed by atoms with van der Waals surface area (Å²) in [5.74, 6) is -2.52. The van der Waals surface area contributed by atoms with Gasteiger partial charge in [-0.3, -0.25) is 9.55 Å². The van der Waals surface area contributed by atoms with Crippen molar-refractivity contribution < 1.29 is 35.0 Å². The van der Waals surface area contributed by atoms with Crippen LogP contribution in [0.25, 0.3) is 61.3 Å². The number of imidazole rings is 1. The minimum absolute atomic E-state index is 0. The van der Waals surface area contributed by atoms with Gasteiger partial charge < -0.3 is 5.11 Å². The van der Waals surface area contributed by atoms with E-state index in [1.165, 1.54) is 23.8 Å². The second-order valence-electron chi connectivity index (χ2n) is 16.2. The number of para-hydroxylation sites is 2. The molecule has 0 radical (unpaired) electrons. The van der Waals surface area contributed by atoms with Crippen molar-refractivity contribution in [2.24, 2.45) is 0 Å². The number of benzene rings is 6. The van der Waals surface area contributed by atoms with Crippen LogP contribution in [0.15, 0.2) is 140 Å². The number of phenolic OH excluding ortho intramolecular Hbond substituents is 1. The number of rotatable bonds is 6. The molecule has 2 heterocycles. The quantitative estimate of drug-likeness (QED) is 0.169. The molecule has 0 saturated carbocycles. The van der Waals surface area contributed by atoms with Crippen LogP contribution in [-0.4, -0.2) is 19.6 Å². The summed E-state index contributed by atoms with van der Waals surface area (Å²) < 4.78 is 34.6. The molecule has 0 fully saturated rings. The summed E-state index contributed by atoms with van der Waals surface area (Å²) in [7, 11) is 0. The first-order valence-electron chi connectivity index (χ1n) is 18.5. The van der Waals surface area contributed by atoms with E-state index in [9.17, 15) is 5.11 Å². The van der Waals surface area contributed by atoms with Gasteiger partial charge in [-0.1, -0.05) is 132 Å². The summed E-state index contributed by atoms with van der Waals surface area (Å²) in [4.78, 5) is 9.97. The Morgan fingerprint density at radius 2 is 1.21 bits per heavy atom.